The molecule has 0 amide bonds. The van der Waals surface area contributed by atoms with Crippen LogP contribution in [0, 0.1) is 0 Å². The highest BCUT2D eigenvalue weighted by molar-refractivity contribution is 5.94. The third kappa shape index (κ3) is 3.42. The van der Waals surface area contributed by atoms with Crippen LogP contribution in [-0.4, -0.2) is 17.4 Å². The smallest absolute Gasteiger partial charge is 0.159 e. The third-order valence-corrected chi connectivity index (χ3v) is 2.61. The number of nitrogens with zero attached hydrogens (tertiary/aromatic N) is 1. The molecular formula is C15H15NO2. The van der Waals surface area contributed by atoms with Gasteiger partial charge in [-0.2, -0.15) is 0 Å². The normalized spacial score (nSPS) is 10.1. The number of ketones is 1. The molecule has 3 nitrogen and oxygen atoms in total. The minimum Gasteiger partial charge on any atom is -0.493 e. The minimum absolute atomic E-state index is 0.0648. The molecule has 1 aromatic heterocycles. The number of carbonyl (C=O) groups excluding carboxylic acids is 1. The largest absolute Gasteiger partial charge is 0.493 e. The van der Waals surface area contributed by atoms with Gasteiger partial charge in [-0.25, -0.2) is 0 Å². The molecule has 0 aliphatic rings. The molecule has 0 unspecified atom stereocenters. The maximum Gasteiger partial charge on any atom is 0.159 e. The van der Waals surface area contributed by atoms with Gasteiger partial charge in [0.15, 0.2) is 5.78 Å². The van der Waals surface area contributed by atoms with E-state index in [1.54, 1.807) is 25.3 Å². The van der Waals surface area contributed by atoms with Crippen molar-refractivity contribution >= 4 is 5.78 Å². The monoisotopic (exact) mass is 241 g/mol. The quantitative estimate of drug-likeness (QED) is 0.755. The van der Waals surface area contributed by atoms with Crippen LogP contribution in [0.3, 0.4) is 0 Å². The van der Waals surface area contributed by atoms with Gasteiger partial charge in [0.1, 0.15) is 5.75 Å². The van der Waals surface area contributed by atoms with E-state index in [0.29, 0.717) is 12.2 Å². The molecule has 0 aliphatic heterocycles. The highest BCUT2D eigenvalue weighted by Gasteiger charge is 2.00. The fourth-order valence-electron chi connectivity index (χ4n) is 1.61. The average molecular weight is 241 g/mol. The van der Waals surface area contributed by atoms with Gasteiger partial charge in [-0.1, -0.05) is 6.07 Å². The Bertz CT molecular complexity index is 506. The van der Waals surface area contributed by atoms with Crippen molar-refractivity contribution in [3.05, 3.63) is 59.9 Å². The van der Waals surface area contributed by atoms with Crippen LogP contribution in [0.25, 0.3) is 0 Å². The maximum atomic E-state index is 11.1. The van der Waals surface area contributed by atoms with Crippen molar-refractivity contribution in [1.82, 2.24) is 4.98 Å². The Morgan fingerprint density at radius 3 is 2.56 bits per heavy atom. The summed E-state index contributed by atoms with van der Waals surface area (Å²) >= 11 is 0. The summed E-state index contributed by atoms with van der Waals surface area (Å²) in [5.41, 5.74) is 1.71. The first-order valence-electron chi connectivity index (χ1n) is 5.89. The van der Waals surface area contributed by atoms with E-state index in [9.17, 15) is 4.79 Å². The lowest BCUT2D eigenvalue weighted by atomic mass is 10.1. The maximum absolute atomic E-state index is 11.1. The van der Waals surface area contributed by atoms with E-state index < -0.39 is 0 Å². The summed E-state index contributed by atoms with van der Waals surface area (Å²) < 4.78 is 5.59. The standard InChI is InChI=1S/C15H15NO2/c1-12(17)13-5-7-15(8-6-13)18-11-9-14-4-2-3-10-16-14/h2-8,10H,9,11H2,1H3. The van der Waals surface area contributed by atoms with Crippen LogP contribution in [0.15, 0.2) is 48.7 Å². The summed E-state index contributed by atoms with van der Waals surface area (Å²) in [6.07, 6.45) is 2.55. The zero-order valence-corrected chi connectivity index (χ0v) is 10.3. The van der Waals surface area contributed by atoms with Crippen LogP contribution < -0.4 is 4.74 Å². The van der Waals surface area contributed by atoms with Crippen molar-refractivity contribution in [2.24, 2.45) is 0 Å². The molecule has 0 N–H and O–H groups in total. The molecule has 0 radical (unpaired) electrons. The lowest BCUT2D eigenvalue weighted by molar-refractivity contribution is 0.101. The Labute approximate surface area is 106 Å². The number of Topliss-reactive ketones (excluding diaryl/α,β-unsaturated/α-hetero) is 1. The van der Waals surface area contributed by atoms with E-state index in [2.05, 4.69) is 4.98 Å². The van der Waals surface area contributed by atoms with Crippen LogP contribution in [-0.2, 0) is 6.42 Å². The molecule has 0 spiro atoms. The summed E-state index contributed by atoms with van der Waals surface area (Å²) in [6, 6.07) is 13.0. The number of aromatic nitrogens is 1. The summed E-state index contributed by atoms with van der Waals surface area (Å²) in [5, 5.41) is 0. The lowest BCUT2D eigenvalue weighted by Gasteiger charge is -2.06. The summed E-state index contributed by atoms with van der Waals surface area (Å²) in [6.45, 7) is 2.13. The van der Waals surface area contributed by atoms with Crippen LogP contribution in [0.2, 0.25) is 0 Å². The van der Waals surface area contributed by atoms with E-state index in [1.807, 2.05) is 30.3 Å². The van der Waals surface area contributed by atoms with E-state index in [0.717, 1.165) is 17.9 Å². The zero-order valence-electron chi connectivity index (χ0n) is 10.3. The molecule has 1 aromatic carbocycles. The summed E-state index contributed by atoms with van der Waals surface area (Å²) in [7, 11) is 0. The first-order chi connectivity index (χ1) is 8.75. The first-order valence-corrected chi connectivity index (χ1v) is 5.89. The number of pyridine rings is 1. The van der Waals surface area contributed by atoms with Crippen LogP contribution in [0.5, 0.6) is 5.75 Å². The summed E-state index contributed by atoms with van der Waals surface area (Å²) in [4.78, 5) is 15.3. The molecule has 0 aliphatic carbocycles. The van der Waals surface area contributed by atoms with Crippen molar-refractivity contribution in [1.29, 1.82) is 0 Å². The highest BCUT2D eigenvalue weighted by Crippen LogP contribution is 2.12. The molecule has 0 atom stereocenters. The van der Waals surface area contributed by atoms with E-state index in [4.69, 9.17) is 4.74 Å². The van der Waals surface area contributed by atoms with Gasteiger partial charge in [0.25, 0.3) is 0 Å². The predicted molar refractivity (Wildman–Crippen MR) is 69.9 cm³/mol. The van der Waals surface area contributed by atoms with Gasteiger partial charge in [-0.05, 0) is 43.3 Å². The zero-order chi connectivity index (χ0) is 12.8. The van der Waals surface area contributed by atoms with Crippen molar-refractivity contribution in [3.8, 4) is 5.75 Å². The van der Waals surface area contributed by atoms with Gasteiger partial charge >= 0.3 is 0 Å². The minimum atomic E-state index is 0.0648. The summed E-state index contributed by atoms with van der Waals surface area (Å²) in [5.74, 6) is 0.839. The number of ether oxygens (including phenoxy) is 1. The number of carbonyl (C=O) groups is 1. The molecule has 0 saturated heterocycles. The van der Waals surface area contributed by atoms with E-state index in [-0.39, 0.29) is 5.78 Å². The van der Waals surface area contributed by atoms with E-state index in [1.165, 1.54) is 0 Å². The molecule has 18 heavy (non-hydrogen) atoms. The molecule has 1 heterocycles. The highest BCUT2D eigenvalue weighted by atomic mass is 16.5. The topological polar surface area (TPSA) is 39.2 Å². The Morgan fingerprint density at radius 2 is 1.94 bits per heavy atom. The van der Waals surface area contributed by atoms with Crippen LogP contribution in [0.1, 0.15) is 23.0 Å². The first kappa shape index (κ1) is 12.3. The van der Waals surface area contributed by atoms with Crippen molar-refractivity contribution in [2.45, 2.75) is 13.3 Å². The lowest BCUT2D eigenvalue weighted by Crippen LogP contribution is -2.02. The molecule has 0 fully saturated rings. The van der Waals surface area contributed by atoms with Gasteiger partial charge in [-0.3, -0.25) is 9.78 Å². The van der Waals surface area contributed by atoms with Crippen LogP contribution in [0.4, 0.5) is 0 Å². The number of rotatable bonds is 5. The van der Waals surface area contributed by atoms with Gasteiger partial charge < -0.3 is 4.74 Å². The Hall–Kier alpha value is -2.16. The number of hydrogen-bond donors (Lipinski definition) is 0. The molecule has 0 saturated carbocycles. The van der Waals surface area contributed by atoms with E-state index >= 15 is 0 Å². The second-order valence-corrected chi connectivity index (χ2v) is 4.00. The second kappa shape index (κ2) is 5.96. The van der Waals surface area contributed by atoms with Crippen molar-refractivity contribution in [3.63, 3.8) is 0 Å². The molecule has 92 valence electrons. The van der Waals surface area contributed by atoms with Gasteiger partial charge in [0, 0.05) is 23.9 Å². The SMILES string of the molecule is CC(=O)c1ccc(OCCc2ccccn2)cc1. The average Bonchev–Trinajstić information content (AvgIpc) is 2.40. The number of hydrogen-bond acceptors (Lipinski definition) is 3. The predicted octanol–water partition coefficient (Wildman–Crippen LogP) is 2.91. The third-order valence-electron chi connectivity index (χ3n) is 2.61. The Morgan fingerprint density at radius 1 is 1.17 bits per heavy atom. The molecule has 2 rings (SSSR count). The van der Waals surface area contributed by atoms with Gasteiger partial charge in [-0.15, -0.1) is 0 Å². The van der Waals surface area contributed by atoms with Gasteiger partial charge in [0.05, 0.1) is 6.61 Å². The Balaban J connectivity index is 1.85. The molecule has 3 heteroatoms. The van der Waals surface area contributed by atoms with Crippen LogP contribution >= 0.6 is 0 Å². The Kier molecular flexibility index (Phi) is 4.07. The fraction of sp³-hybridized carbons (Fsp3) is 0.200. The molecular weight excluding hydrogens is 226 g/mol. The fourth-order valence-corrected chi connectivity index (χ4v) is 1.61. The van der Waals surface area contributed by atoms with Crippen molar-refractivity contribution in [2.75, 3.05) is 6.61 Å². The molecule has 2 aromatic rings. The number of benzene rings is 1. The van der Waals surface area contributed by atoms with Gasteiger partial charge in [0.2, 0.25) is 0 Å². The molecule has 0 bridgehead atoms. The van der Waals surface area contributed by atoms with Crippen molar-refractivity contribution < 1.29 is 9.53 Å². The second-order valence-electron chi connectivity index (χ2n) is 4.00.